The second kappa shape index (κ2) is 14.9. The second-order valence-electron chi connectivity index (χ2n) is 6.60. The van der Waals surface area contributed by atoms with Gasteiger partial charge in [-0.1, -0.05) is 59.7 Å². The number of para-hydroxylation sites is 1. The van der Waals surface area contributed by atoms with Crippen LogP contribution in [0.5, 0.6) is 0 Å². The minimum Gasteiger partial charge on any atom is 0 e. The quantitative estimate of drug-likeness (QED) is 0.361. The van der Waals surface area contributed by atoms with E-state index in [9.17, 15) is 0 Å². The monoisotopic (exact) mass is 409 g/mol. The van der Waals surface area contributed by atoms with E-state index in [4.69, 9.17) is 14.0 Å². The predicted octanol–water partition coefficient (Wildman–Crippen LogP) is 5.55. The van der Waals surface area contributed by atoms with Crippen molar-refractivity contribution in [3.05, 3.63) is 56.5 Å². The van der Waals surface area contributed by atoms with Gasteiger partial charge in [0.15, 0.2) is 8.24 Å². The van der Waals surface area contributed by atoms with Crippen molar-refractivity contribution in [2.24, 2.45) is 0 Å². The van der Waals surface area contributed by atoms with E-state index in [1.54, 1.807) is 0 Å². The molecule has 0 saturated carbocycles. The van der Waals surface area contributed by atoms with Crippen molar-refractivity contribution in [2.45, 2.75) is 58.2 Å². The molecule has 2 aromatic rings. The van der Waals surface area contributed by atoms with E-state index in [1.807, 2.05) is 0 Å². The summed E-state index contributed by atoms with van der Waals surface area (Å²) in [5.41, 5.74) is 3.64. The molecule has 0 saturated heterocycles. The maximum atomic E-state index is 7.50. The summed E-state index contributed by atoms with van der Waals surface area (Å²) in [4.78, 5) is 0. The molecule has 0 aliphatic carbocycles. The Bertz CT molecular complexity index is 651. The first-order valence-corrected chi connectivity index (χ1v) is 10.3. The van der Waals surface area contributed by atoms with E-state index in [0.717, 1.165) is 16.6 Å². The van der Waals surface area contributed by atoms with Gasteiger partial charge in [0.2, 0.25) is 0 Å². The van der Waals surface area contributed by atoms with Gasteiger partial charge in [-0.25, -0.2) is 0 Å². The van der Waals surface area contributed by atoms with Crippen LogP contribution in [0.15, 0.2) is 36.5 Å². The third-order valence-corrected chi connectivity index (χ3v) is 11.6. The Hall–Kier alpha value is -1.27. The Balaban J connectivity index is -0.000000686. The standard InChI is InChI=1S/C17H27NSi.3CO.Cr/c1-13(2)19(14(3)4,15(5)6)18-12-11-16-9-7-8-10-17(16)18;3*1-2;/h7-15H,1-6H3;;;;. The van der Waals surface area contributed by atoms with Gasteiger partial charge in [-0.3, -0.25) is 0 Å². The number of hydrogen-bond acceptors (Lipinski definition) is 0. The molecule has 0 aliphatic rings. The fraction of sp³-hybridized carbons (Fsp3) is 0.450. The van der Waals surface area contributed by atoms with E-state index in [0.29, 0.717) is 0 Å². The molecule has 26 heavy (non-hydrogen) atoms. The Kier molecular flexibility index (Phi) is 16.8. The molecule has 1 heterocycles. The average Bonchev–Trinajstić information content (AvgIpc) is 3.04. The molecule has 0 radical (unpaired) electrons. The van der Waals surface area contributed by atoms with Crippen molar-refractivity contribution in [1.82, 2.24) is 4.23 Å². The van der Waals surface area contributed by atoms with Crippen LogP contribution in [-0.4, -0.2) is 12.5 Å². The van der Waals surface area contributed by atoms with Crippen LogP contribution in [0, 0.1) is 20.0 Å². The summed E-state index contributed by atoms with van der Waals surface area (Å²) in [6.07, 6.45) is 2.34. The molecule has 0 N–H and O–H groups in total. The topological polar surface area (TPSA) is 64.6 Å². The molecule has 0 spiro atoms. The van der Waals surface area contributed by atoms with E-state index >= 15 is 0 Å². The fourth-order valence-corrected chi connectivity index (χ4v) is 10.9. The Morgan fingerprint density at radius 3 is 1.50 bits per heavy atom. The van der Waals surface area contributed by atoms with Gasteiger partial charge in [-0.05, 0) is 40.3 Å². The zero-order valence-electron chi connectivity index (χ0n) is 16.3. The number of aromatic nitrogens is 1. The third kappa shape index (κ3) is 5.88. The van der Waals surface area contributed by atoms with Crippen LogP contribution in [0.4, 0.5) is 0 Å². The van der Waals surface area contributed by atoms with Crippen LogP contribution < -0.4 is 0 Å². The van der Waals surface area contributed by atoms with E-state index in [2.05, 4.69) is 102 Å². The zero-order chi connectivity index (χ0) is 20.2. The van der Waals surface area contributed by atoms with Crippen LogP contribution in [-0.2, 0) is 31.3 Å². The molecule has 0 fully saturated rings. The SMILES string of the molecule is CC(C)[Si](C(C)C)(C(C)C)n1ccc2ccccc21.[C-]#[O+].[C-]#[O+].[C-]#[O+].[Cr]. The van der Waals surface area contributed by atoms with Crippen molar-refractivity contribution < 1.29 is 31.3 Å². The summed E-state index contributed by atoms with van der Waals surface area (Å²) in [6, 6.07) is 11.1. The number of fused-ring (bicyclic) bond motifs is 1. The molecule has 1 aromatic carbocycles. The van der Waals surface area contributed by atoms with Crippen LogP contribution in [0.3, 0.4) is 0 Å². The molecular weight excluding hydrogens is 382 g/mol. The summed E-state index contributed by atoms with van der Waals surface area (Å²) in [7, 11) is -1.60. The molecule has 0 amide bonds. The molecule has 0 unspecified atom stereocenters. The minimum absolute atomic E-state index is 0. The van der Waals surface area contributed by atoms with Gasteiger partial charge < -0.3 is 4.23 Å². The normalized spacial score (nSPS) is 9.81. The van der Waals surface area contributed by atoms with Gasteiger partial charge >= 0.3 is 33.9 Å². The molecule has 0 aliphatic heterocycles. The molecule has 0 atom stereocenters. The first kappa shape index (κ1) is 29.5. The van der Waals surface area contributed by atoms with Crippen molar-refractivity contribution in [1.29, 1.82) is 0 Å². The minimum atomic E-state index is -1.60. The molecule has 1 aromatic heterocycles. The van der Waals surface area contributed by atoms with Crippen molar-refractivity contribution in [3.8, 4) is 0 Å². The fourth-order valence-electron chi connectivity index (χ4n) is 4.26. The van der Waals surface area contributed by atoms with Gasteiger partial charge in [-0.2, -0.15) is 0 Å². The molecule has 4 nitrogen and oxygen atoms in total. The molecule has 140 valence electrons. The maximum Gasteiger partial charge on any atom is 0 e. The van der Waals surface area contributed by atoms with Crippen molar-refractivity contribution in [2.75, 3.05) is 0 Å². The maximum absolute atomic E-state index is 7.50. The Morgan fingerprint density at radius 1 is 0.731 bits per heavy atom. The average molecular weight is 410 g/mol. The Morgan fingerprint density at radius 2 is 1.12 bits per heavy atom. The number of hydrogen-bond donors (Lipinski definition) is 0. The van der Waals surface area contributed by atoms with Gasteiger partial charge in [0.25, 0.3) is 0 Å². The van der Waals surface area contributed by atoms with Crippen molar-refractivity contribution >= 4 is 19.1 Å². The van der Waals surface area contributed by atoms with Crippen LogP contribution in [0.2, 0.25) is 16.6 Å². The first-order valence-electron chi connectivity index (χ1n) is 8.10. The third-order valence-electron chi connectivity index (χ3n) is 4.79. The van der Waals surface area contributed by atoms with Gasteiger partial charge in [0.1, 0.15) is 0 Å². The summed E-state index contributed by atoms with van der Waals surface area (Å²) in [5, 5.41) is 1.38. The zero-order valence-corrected chi connectivity index (χ0v) is 18.6. The van der Waals surface area contributed by atoms with Crippen molar-refractivity contribution in [3.63, 3.8) is 0 Å². The molecule has 6 heteroatoms. The van der Waals surface area contributed by atoms with Gasteiger partial charge in [0.05, 0.1) is 0 Å². The molecule has 0 bridgehead atoms. The van der Waals surface area contributed by atoms with Gasteiger partial charge in [0, 0.05) is 22.9 Å². The summed E-state index contributed by atoms with van der Waals surface area (Å²) in [6.45, 7) is 28.0. The van der Waals surface area contributed by atoms with Gasteiger partial charge in [-0.15, -0.1) is 0 Å². The van der Waals surface area contributed by atoms with E-state index in [1.165, 1.54) is 10.9 Å². The number of nitrogens with zero attached hydrogens (tertiary/aromatic N) is 1. The first-order chi connectivity index (χ1) is 11.9. The van der Waals surface area contributed by atoms with Crippen LogP contribution in [0.25, 0.3) is 10.9 Å². The van der Waals surface area contributed by atoms with E-state index < -0.39 is 8.24 Å². The number of rotatable bonds is 4. The smallest absolute Gasteiger partial charge is 0 e. The Labute approximate surface area is 169 Å². The summed E-state index contributed by atoms with van der Waals surface area (Å²) < 4.78 is 25.2. The largest absolute Gasteiger partial charge is 0 e. The second-order valence-corrected chi connectivity index (χ2v) is 12.3. The molecular formula is C20H27CrNO3Si. The summed E-state index contributed by atoms with van der Waals surface area (Å²) >= 11 is 0. The van der Waals surface area contributed by atoms with E-state index in [-0.39, 0.29) is 17.4 Å². The van der Waals surface area contributed by atoms with Crippen LogP contribution in [0.1, 0.15) is 41.5 Å². The van der Waals surface area contributed by atoms with Crippen LogP contribution >= 0.6 is 0 Å². The predicted molar refractivity (Wildman–Crippen MR) is 100 cm³/mol. The molecule has 2 rings (SSSR count). The number of benzene rings is 1. The summed E-state index contributed by atoms with van der Waals surface area (Å²) in [5.74, 6) is 0.